The van der Waals surface area contributed by atoms with Crippen LogP contribution in [0.3, 0.4) is 0 Å². The fraction of sp³-hybridized carbons (Fsp3) is 0.560. The maximum Gasteiger partial charge on any atom is 0.252 e. The first kappa shape index (κ1) is 23.4. The van der Waals surface area contributed by atoms with E-state index < -0.39 is 0 Å². The molecule has 0 aliphatic carbocycles. The van der Waals surface area contributed by atoms with E-state index in [2.05, 4.69) is 34.1 Å². The Balaban J connectivity index is 1.33. The molecule has 1 aromatic heterocycles. The molecule has 2 saturated heterocycles. The Morgan fingerprint density at radius 3 is 2.73 bits per heavy atom. The van der Waals surface area contributed by atoms with Gasteiger partial charge < -0.3 is 24.8 Å². The van der Waals surface area contributed by atoms with Crippen LogP contribution in [0.1, 0.15) is 36.5 Å². The first-order valence-electron chi connectivity index (χ1n) is 12.0. The van der Waals surface area contributed by atoms with Crippen LogP contribution >= 0.6 is 0 Å². The first-order valence-corrected chi connectivity index (χ1v) is 12.0. The summed E-state index contributed by atoms with van der Waals surface area (Å²) in [7, 11) is 2.16. The molecular formula is C25H35N5O3. The lowest BCUT2D eigenvalue weighted by Gasteiger charge is -2.32. The molecule has 2 aliphatic heterocycles. The third-order valence-corrected chi connectivity index (χ3v) is 6.71. The van der Waals surface area contributed by atoms with Crippen LogP contribution in [0.15, 0.2) is 30.5 Å². The van der Waals surface area contributed by atoms with Crippen LogP contribution < -0.4 is 10.1 Å². The molecule has 8 heteroatoms. The lowest BCUT2D eigenvalue weighted by atomic mass is 10.1. The highest BCUT2D eigenvalue weighted by molar-refractivity contribution is 6.07. The molecule has 2 fully saturated rings. The van der Waals surface area contributed by atoms with Crippen molar-refractivity contribution in [3.05, 3.63) is 36.0 Å². The van der Waals surface area contributed by atoms with Crippen molar-refractivity contribution in [3.63, 3.8) is 0 Å². The van der Waals surface area contributed by atoms with Crippen LogP contribution in [0.25, 0.3) is 10.9 Å². The molecule has 178 valence electrons. The molecule has 33 heavy (non-hydrogen) atoms. The molecule has 2 amide bonds. The molecule has 2 aromatic rings. The number of piperazine rings is 1. The standard InChI is InChI=1S/C25H35N5O3/c1-19-5-3-11-30(19)24(31)18-27-25(32)21-8-9-26-23-7-6-20(17-22(21)23)33-16-4-10-29-14-12-28(2)13-15-29/h6-9,17,19H,3-5,10-16,18H2,1-2H3,(H,27,32)/t19-/m1/s1. The van der Waals surface area contributed by atoms with Gasteiger partial charge in [-0.05, 0) is 57.5 Å². The van der Waals surface area contributed by atoms with E-state index in [1.54, 1.807) is 12.3 Å². The van der Waals surface area contributed by atoms with Crippen molar-refractivity contribution in [1.82, 2.24) is 25.0 Å². The minimum Gasteiger partial charge on any atom is -0.494 e. The average molecular weight is 454 g/mol. The van der Waals surface area contributed by atoms with E-state index in [4.69, 9.17) is 4.74 Å². The predicted octanol–water partition coefficient (Wildman–Crippen LogP) is 1.99. The SMILES string of the molecule is C[C@@H]1CCCN1C(=O)CNC(=O)c1ccnc2ccc(OCCCN3CCN(C)CC3)cc12. The van der Waals surface area contributed by atoms with Crippen LogP contribution in [-0.2, 0) is 4.79 Å². The van der Waals surface area contributed by atoms with Crippen molar-refractivity contribution in [2.75, 3.05) is 59.5 Å². The fourth-order valence-electron chi connectivity index (χ4n) is 4.62. The molecule has 4 rings (SSSR count). The third kappa shape index (κ3) is 6.00. The van der Waals surface area contributed by atoms with Gasteiger partial charge in [0.15, 0.2) is 0 Å². The number of carbonyl (C=O) groups excluding carboxylic acids is 2. The molecule has 1 atom stereocenters. The second-order valence-corrected chi connectivity index (χ2v) is 9.15. The van der Waals surface area contributed by atoms with Crippen molar-refractivity contribution in [3.8, 4) is 5.75 Å². The highest BCUT2D eigenvalue weighted by atomic mass is 16.5. The van der Waals surface area contributed by atoms with E-state index in [1.807, 2.05) is 23.1 Å². The number of benzene rings is 1. The Morgan fingerprint density at radius 2 is 1.97 bits per heavy atom. The lowest BCUT2D eigenvalue weighted by Crippen LogP contribution is -2.44. The normalized spacial score (nSPS) is 19.7. The number of hydrogen-bond acceptors (Lipinski definition) is 6. The number of aromatic nitrogens is 1. The zero-order valence-electron chi connectivity index (χ0n) is 19.8. The van der Waals surface area contributed by atoms with E-state index in [0.29, 0.717) is 12.2 Å². The number of carbonyl (C=O) groups is 2. The molecule has 0 unspecified atom stereocenters. The van der Waals surface area contributed by atoms with E-state index in [0.717, 1.165) is 75.2 Å². The monoisotopic (exact) mass is 453 g/mol. The van der Waals surface area contributed by atoms with Gasteiger partial charge in [-0.15, -0.1) is 0 Å². The average Bonchev–Trinajstić information content (AvgIpc) is 3.26. The van der Waals surface area contributed by atoms with Gasteiger partial charge in [0.1, 0.15) is 5.75 Å². The third-order valence-electron chi connectivity index (χ3n) is 6.71. The zero-order chi connectivity index (χ0) is 23.2. The molecule has 8 nitrogen and oxygen atoms in total. The summed E-state index contributed by atoms with van der Waals surface area (Å²) in [6.07, 6.45) is 4.62. The van der Waals surface area contributed by atoms with Crippen molar-refractivity contribution in [2.24, 2.45) is 0 Å². The highest BCUT2D eigenvalue weighted by Crippen LogP contribution is 2.23. The first-order chi connectivity index (χ1) is 16.0. The van der Waals surface area contributed by atoms with Crippen LogP contribution in [0.5, 0.6) is 5.75 Å². The van der Waals surface area contributed by atoms with Gasteiger partial charge in [-0.1, -0.05) is 0 Å². The number of likely N-dealkylation sites (tertiary alicyclic amines) is 1. The zero-order valence-corrected chi connectivity index (χ0v) is 19.8. The van der Waals surface area contributed by atoms with E-state index in [9.17, 15) is 9.59 Å². The Morgan fingerprint density at radius 1 is 1.15 bits per heavy atom. The van der Waals surface area contributed by atoms with Gasteiger partial charge in [-0.3, -0.25) is 14.6 Å². The quantitative estimate of drug-likeness (QED) is 0.616. The summed E-state index contributed by atoms with van der Waals surface area (Å²) in [4.78, 5) is 36.4. The Kier molecular flexibility index (Phi) is 7.77. The second-order valence-electron chi connectivity index (χ2n) is 9.15. The van der Waals surface area contributed by atoms with Crippen molar-refractivity contribution in [1.29, 1.82) is 0 Å². The number of ether oxygens (including phenoxy) is 1. The topological polar surface area (TPSA) is 78.0 Å². The molecule has 0 spiro atoms. The van der Waals surface area contributed by atoms with E-state index in [1.165, 1.54) is 0 Å². The van der Waals surface area contributed by atoms with Crippen LogP contribution in [0, 0.1) is 0 Å². The molecule has 1 N–H and O–H groups in total. The summed E-state index contributed by atoms with van der Waals surface area (Å²) in [5.74, 6) is 0.427. The Labute approximate surface area is 195 Å². The van der Waals surface area contributed by atoms with Crippen molar-refractivity contribution in [2.45, 2.75) is 32.2 Å². The molecular weight excluding hydrogens is 418 g/mol. The van der Waals surface area contributed by atoms with Crippen LogP contribution in [-0.4, -0.2) is 97.0 Å². The summed E-state index contributed by atoms with van der Waals surface area (Å²) in [5.41, 5.74) is 1.23. The summed E-state index contributed by atoms with van der Waals surface area (Å²) in [5, 5.41) is 3.52. The largest absolute Gasteiger partial charge is 0.494 e. The van der Waals surface area contributed by atoms with Gasteiger partial charge >= 0.3 is 0 Å². The van der Waals surface area contributed by atoms with Gasteiger partial charge in [-0.25, -0.2) is 0 Å². The molecule has 3 heterocycles. The fourth-order valence-corrected chi connectivity index (χ4v) is 4.62. The summed E-state index contributed by atoms with van der Waals surface area (Å²) in [6.45, 7) is 8.93. The minimum absolute atomic E-state index is 0.00940. The number of fused-ring (bicyclic) bond motifs is 1. The van der Waals surface area contributed by atoms with Gasteiger partial charge in [-0.2, -0.15) is 0 Å². The molecule has 0 bridgehead atoms. The molecule has 0 radical (unpaired) electrons. The van der Waals surface area contributed by atoms with Gasteiger partial charge in [0.25, 0.3) is 5.91 Å². The predicted molar refractivity (Wildman–Crippen MR) is 129 cm³/mol. The Bertz CT molecular complexity index is 974. The van der Waals surface area contributed by atoms with Crippen LogP contribution in [0.2, 0.25) is 0 Å². The number of likely N-dealkylation sites (N-methyl/N-ethyl adjacent to an activating group) is 1. The smallest absolute Gasteiger partial charge is 0.252 e. The van der Waals surface area contributed by atoms with Crippen molar-refractivity contribution >= 4 is 22.7 Å². The number of pyridine rings is 1. The number of rotatable bonds is 8. The lowest BCUT2D eigenvalue weighted by molar-refractivity contribution is -0.130. The number of amides is 2. The van der Waals surface area contributed by atoms with Gasteiger partial charge in [0, 0.05) is 56.9 Å². The maximum atomic E-state index is 12.9. The summed E-state index contributed by atoms with van der Waals surface area (Å²) in [6, 6.07) is 7.58. The summed E-state index contributed by atoms with van der Waals surface area (Å²) < 4.78 is 5.98. The number of hydrogen-bond donors (Lipinski definition) is 1. The van der Waals surface area contributed by atoms with E-state index >= 15 is 0 Å². The van der Waals surface area contributed by atoms with Crippen LogP contribution in [0.4, 0.5) is 0 Å². The van der Waals surface area contributed by atoms with E-state index in [-0.39, 0.29) is 24.4 Å². The van der Waals surface area contributed by atoms with Gasteiger partial charge in [0.05, 0.1) is 24.2 Å². The summed E-state index contributed by atoms with van der Waals surface area (Å²) >= 11 is 0. The molecule has 1 aromatic carbocycles. The Hall–Kier alpha value is -2.71. The number of nitrogens with one attached hydrogen (secondary N) is 1. The minimum atomic E-state index is -0.269. The second kappa shape index (κ2) is 10.9. The maximum absolute atomic E-state index is 12.9. The molecule has 2 aliphatic rings. The molecule has 0 saturated carbocycles. The highest BCUT2D eigenvalue weighted by Gasteiger charge is 2.25. The van der Waals surface area contributed by atoms with Gasteiger partial charge in [0.2, 0.25) is 5.91 Å². The number of nitrogens with zero attached hydrogens (tertiary/aromatic N) is 4. The van der Waals surface area contributed by atoms with Crippen molar-refractivity contribution < 1.29 is 14.3 Å².